The summed E-state index contributed by atoms with van der Waals surface area (Å²) in [5, 5.41) is 0. The molecule has 116 valence electrons. The molecule has 0 aromatic heterocycles. The zero-order chi connectivity index (χ0) is 16.3. The minimum atomic E-state index is -0.469. The molecular formula is C15H21NO5. The number of hydrogen-bond acceptors (Lipinski definition) is 5. The van der Waals surface area contributed by atoms with Crippen molar-refractivity contribution in [2.75, 3.05) is 0 Å². The second-order valence-electron chi connectivity index (χ2n) is 4.26. The van der Waals surface area contributed by atoms with Gasteiger partial charge in [0.05, 0.1) is 12.2 Å². The van der Waals surface area contributed by atoms with E-state index in [1.807, 2.05) is 6.08 Å². The standard InChI is InChI=1S/C9H13NO3.C6H8O2/c1-6(11)13-8-5-3-2-4-7(8)9(10)12;1-3-4-5-8-6(2)7/h3,5,7-8H,2,4H2,1H3,(H2,10,12);3-5H,1H2,2H3/b;5-4+. The van der Waals surface area contributed by atoms with E-state index in [2.05, 4.69) is 11.3 Å². The van der Waals surface area contributed by atoms with Crippen molar-refractivity contribution in [3.05, 3.63) is 37.1 Å². The third-order valence-electron chi connectivity index (χ3n) is 2.48. The van der Waals surface area contributed by atoms with Crippen LogP contribution in [-0.2, 0) is 23.9 Å². The first-order chi connectivity index (χ1) is 9.88. The molecule has 1 amide bonds. The van der Waals surface area contributed by atoms with Crippen LogP contribution in [0.3, 0.4) is 0 Å². The van der Waals surface area contributed by atoms with E-state index in [4.69, 9.17) is 10.5 Å². The van der Waals surface area contributed by atoms with Gasteiger partial charge < -0.3 is 15.2 Å². The largest absolute Gasteiger partial charge is 0.457 e. The molecule has 2 N–H and O–H groups in total. The van der Waals surface area contributed by atoms with Gasteiger partial charge in [0, 0.05) is 13.8 Å². The Labute approximate surface area is 124 Å². The first-order valence-corrected chi connectivity index (χ1v) is 6.46. The van der Waals surface area contributed by atoms with Gasteiger partial charge in [0.2, 0.25) is 5.91 Å². The van der Waals surface area contributed by atoms with Crippen molar-refractivity contribution < 1.29 is 23.9 Å². The van der Waals surface area contributed by atoms with Crippen LogP contribution in [0, 0.1) is 5.92 Å². The van der Waals surface area contributed by atoms with E-state index in [9.17, 15) is 14.4 Å². The number of rotatable bonds is 4. The average molecular weight is 295 g/mol. The second-order valence-corrected chi connectivity index (χ2v) is 4.26. The molecular weight excluding hydrogens is 274 g/mol. The van der Waals surface area contributed by atoms with Gasteiger partial charge in [-0.15, -0.1) is 0 Å². The van der Waals surface area contributed by atoms with Gasteiger partial charge in [0.25, 0.3) is 0 Å². The molecule has 2 unspecified atom stereocenters. The third-order valence-corrected chi connectivity index (χ3v) is 2.48. The van der Waals surface area contributed by atoms with Crippen LogP contribution < -0.4 is 5.73 Å². The van der Waals surface area contributed by atoms with Crippen molar-refractivity contribution in [1.29, 1.82) is 0 Å². The molecule has 0 aliphatic heterocycles. The Morgan fingerprint density at radius 1 is 1.29 bits per heavy atom. The molecule has 0 aromatic carbocycles. The van der Waals surface area contributed by atoms with Crippen LogP contribution in [0.15, 0.2) is 37.1 Å². The van der Waals surface area contributed by atoms with Crippen molar-refractivity contribution in [1.82, 2.24) is 0 Å². The first-order valence-electron chi connectivity index (χ1n) is 6.46. The Morgan fingerprint density at radius 2 is 1.95 bits per heavy atom. The SMILES string of the molecule is C=C/C=C/OC(C)=O.CC(=O)OC1C=CCCC1C(N)=O. The Kier molecular flexibility index (Phi) is 9.25. The fourth-order valence-corrected chi connectivity index (χ4v) is 1.61. The number of carbonyl (C=O) groups is 3. The summed E-state index contributed by atoms with van der Waals surface area (Å²) in [6.45, 7) is 6.04. The Hall–Kier alpha value is -2.37. The number of primary amides is 1. The number of ether oxygens (including phenoxy) is 2. The van der Waals surface area contributed by atoms with Crippen LogP contribution in [-0.4, -0.2) is 23.9 Å². The molecule has 0 heterocycles. The van der Waals surface area contributed by atoms with Crippen LogP contribution in [0.25, 0.3) is 0 Å². The van der Waals surface area contributed by atoms with Gasteiger partial charge in [-0.25, -0.2) is 0 Å². The van der Waals surface area contributed by atoms with Gasteiger partial charge in [0.15, 0.2) is 0 Å². The zero-order valence-electron chi connectivity index (χ0n) is 12.3. The summed E-state index contributed by atoms with van der Waals surface area (Å²) in [5.41, 5.74) is 5.17. The van der Waals surface area contributed by atoms with E-state index in [0.717, 1.165) is 6.42 Å². The maximum atomic E-state index is 10.9. The van der Waals surface area contributed by atoms with E-state index in [-0.39, 0.29) is 17.9 Å². The van der Waals surface area contributed by atoms with Crippen molar-refractivity contribution in [2.24, 2.45) is 11.7 Å². The van der Waals surface area contributed by atoms with Gasteiger partial charge >= 0.3 is 11.9 Å². The maximum Gasteiger partial charge on any atom is 0.307 e. The Morgan fingerprint density at radius 3 is 2.43 bits per heavy atom. The molecule has 6 nitrogen and oxygen atoms in total. The van der Waals surface area contributed by atoms with Gasteiger partial charge in [-0.05, 0) is 25.0 Å². The number of esters is 2. The van der Waals surface area contributed by atoms with E-state index in [1.165, 1.54) is 26.2 Å². The summed E-state index contributed by atoms with van der Waals surface area (Å²) in [6.07, 6.45) is 8.98. The lowest BCUT2D eigenvalue weighted by molar-refractivity contribution is -0.148. The van der Waals surface area contributed by atoms with Crippen molar-refractivity contribution in [2.45, 2.75) is 32.8 Å². The molecule has 2 atom stereocenters. The third kappa shape index (κ3) is 9.21. The molecule has 0 spiro atoms. The minimum absolute atomic E-state index is 0.317. The summed E-state index contributed by atoms with van der Waals surface area (Å²) >= 11 is 0. The maximum absolute atomic E-state index is 10.9. The first kappa shape index (κ1) is 18.6. The molecule has 1 aliphatic carbocycles. The quantitative estimate of drug-likeness (QED) is 0.368. The van der Waals surface area contributed by atoms with Crippen molar-refractivity contribution in [3.8, 4) is 0 Å². The number of hydrogen-bond donors (Lipinski definition) is 1. The summed E-state index contributed by atoms with van der Waals surface area (Å²) in [7, 11) is 0. The minimum Gasteiger partial charge on any atom is -0.457 e. The van der Waals surface area contributed by atoms with Gasteiger partial charge in [-0.3, -0.25) is 14.4 Å². The molecule has 0 bridgehead atoms. The lowest BCUT2D eigenvalue weighted by Gasteiger charge is -2.24. The smallest absolute Gasteiger partial charge is 0.307 e. The van der Waals surface area contributed by atoms with E-state index in [1.54, 1.807) is 12.2 Å². The summed E-state index contributed by atoms with van der Waals surface area (Å²) in [6, 6.07) is 0. The average Bonchev–Trinajstić information content (AvgIpc) is 2.39. The topological polar surface area (TPSA) is 95.7 Å². The van der Waals surface area contributed by atoms with E-state index >= 15 is 0 Å². The summed E-state index contributed by atoms with van der Waals surface area (Å²) in [4.78, 5) is 31.6. The number of carbonyl (C=O) groups excluding carboxylic acids is 3. The molecule has 6 heteroatoms. The molecule has 0 saturated heterocycles. The van der Waals surface area contributed by atoms with Crippen LogP contribution in [0.5, 0.6) is 0 Å². The fourth-order valence-electron chi connectivity index (χ4n) is 1.61. The normalized spacial score (nSPS) is 20.1. The second kappa shape index (κ2) is 10.4. The zero-order valence-corrected chi connectivity index (χ0v) is 12.3. The lowest BCUT2D eigenvalue weighted by atomic mass is 9.91. The molecule has 0 aromatic rings. The highest BCUT2D eigenvalue weighted by molar-refractivity contribution is 5.78. The molecule has 21 heavy (non-hydrogen) atoms. The van der Waals surface area contributed by atoms with Crippen molar-refractivity contribution >= 4 is 17.8 Å². The predicted molar refractivity (Wildman–Crippen MR) is 77.7 cm³/mol. The number of allylic oxidation sites excluding steroid dienone is 3. The Bertz CT molecular complexity index is 439. The number of amides is 1. The monoisotopic (exact) mass is 295 g/mol. The number of nitrogens with two attached hydrogens (primary N) is 1. The molecule has 0 radical (unpaired) electrons. The lowest BCUT2D eigenvalue weighted by Crippen LogP contribution is -2.36. The van der Waals surface area contributed by atoms with Gasteiger partial charge in [-0.1, -0.05) is 18.7 Å². The van der Waals surface area contributed by atoms with Crippen LogP contribution in [0.1, 0.15) is 26.7 Å². The fraction of sp³-hybridized carbons (Fsp3) is 0.400. The highest BCUT2D eigenvalue weighted by Gasteiger charge is 2.28. The molecule has 1 rings (SSSR count). The predicted octanol–water partition coefficient (Wildman–Crippen LogP) is 1.62. The molecule has 0 fully saturated rings. The summed E-state index contributed by atoms with van der Waals surface area (Å²) < 4.78 is 9.33. The van der Waals surface area contributed by atoms with Gasteiger partial charge in [-0.2, -0.15) is 0 Å². The molecule has 1 aliphatic rings. The Balaban J connectivity index is 0.000000433. The van der Waals surface area contributed by atoms with E-state index < -0.39 is 12.0 Å². The molecule has 0 saturated carbocycles. The summed E-state index contributed by atoms with van der Waals surface area (Å²) in [5.74, 6) is -1.48. The van der Waals surface area contributed by atoms with Crippen LogP contribution in [0.2, 0.25) is 0 Å². The van der Waals surface area contributed by atoms with Crippen LogP contribution >= 0.6 is 0 Å². The highest BCUT2D eigenvalue weighted by Crippen LogP contribution is 2.21. The van der Waals surface area contributed by atoms with Crippen molar-refractivity contribution in [3.63, 3.8) is 0 Å². The van der Waals surface area contributed by atoms with E-state index in [0.29, 0.717) is 6.42 Å². The van der Waals surface area contributed by atoms with Crippen LogP contribution in [0.4, 0.5) is 0 Å². The highest BCUT2D eigenvalue weighted by atomic mass is 16.5. The van der Waals surface area contributed by atoms with Gasteiger partial charge in [0.1, 0.15) is 6.10 Å².